The fourth-order valence-electron chi connectivity index (χ4n) is 3.37. The molecule has 11 heteroatoms. The number of hydrogen-bond donors (Lipinski definition) is 1. The zero-order valence-corrected chi connectivity index (χ0v) is 19.0. The highest BCUT2D eigenvalue weighted by molar-refractivity contribution is 7.89. The molecule has 1 unspecified atom stereocenters. The van der Waals surface area contributed by atoms with Gasteiger partial charge in [-0.1, -0.05) is 12.1 Å². The van der Waals surface area contributed by atoms with Gasteiger partial charge >= 0.3 is 5.97 Å². The molecule has 2 heterocycles. The molecule has 1 aromatic heterocycles. The van der Waals surface area contributed by atoms with Crippen LogP contribution in [-0.4, -0.2) is 56.1 Å². The fourth-order valence-corrected chi connectivity index (χ4v) is 6.02. The molecule has 8 nitrogen and oxygen atoms in total. The summed E-state index contributed by atoms with van der Waals surface area (Å²) in [6.07, 6.45) is 1.22. The van der Waals surface area contributed by atoms with Gasteiger partial charge in [0.05, 0.1) is 4.88 Å². The fraction of sp³-hybridized carbons (Fsp3) is 0.381. The molecule has 32 heavy (non-hydrogen) atoms. The van der Waals surface area contributed by atoms with Crippen molar-refractivity contribution in [2.45, 2.75) is 37.1 Å². The summed E-state index contributed by atoms with van der Waals surface area (Å²) in [5.74, 6) is -2.27. The molecule has 0 bridgehead atoms. The van der Waals surface area contributed by atoms with E-state index in [1.807, 2.05) is 0 Å². The van der Waals surface area contributed by atoms with Crippen molar-refractivity contribution in [1.82, 2.24) is 9.62 Å². The van der Waals surface area contributed by atoms with Gasteiger partial charge in [0.1, 0.15) is 16.8 Å². The zero-order valence-electron chi connectivity index (χ0n) is 17.4. The second-order valence-electron chi connectivity index (χ2n) is 7.23. The van der Waals surface area contributed by atoms with Crippen LogP contribution in [0.4, 0.5) is 4.39 Å². The van der Waals surface area contributed by atoms with Crippen molar-refractivity contribution in [2.75, 3.05) is 19.7 Å². The Kier molecular flexibility index (Phi) is 7.75. The van der Waals surface area contributed by atoms with Gasteiger partial charge in [-0.3, -0.25) is 14.4 Å². The molecule has 3 rings (SSSR count). The number of thiophene rings is 1. The summed E-state index contributed by atoms with van der Waals surface area (Å²) in [4.78, 5) is 36.7. The number of ether oxygens (including phenoxy) is 1. The van der Waals surface area contributed by atoms with Crippen LogP contribution >= 0.6 is 11.3 Å². The van der Waals surface area contributed by atoms with Crippen LogP contribution in [0.5, 0.6) is 0 Å². The maximum atomic E-state index is 14.0. The molecule has 2 aromatic rings. The smallest absolute Gasteiger partial charge is 0.324 e. The van der Waals surface area contributed by atoms with E-state index in [4.69, 9.17) is 4.74 Å². The van der Waals surface area contributed by atoms with Crippen LogP contribution in [0.25, 0.3) is 0 Å². The second-order valence-corrected chi connectivity index (χ2v) is 10.3. The van der Waals surface area contributed by atoms with E-state index >= 15 is 0 Å². The van der Waals surface area contributed by atoms with Gasteiger partial charge in [-0.05, 0) is 43.5 Å². The highest BCUT2D eigenvalue weighted by atomic mass is 32.2. The third kappa shape index (κ3) is 5.59. The van der Waals surface area contributed by atoms with Gasteiger partial charge in [0, 0.05) is 24.9 Å². The van der Waals surface area contributed by atoms with E-state index in [9.17, 15) is 27.2 Å². The first-order valence-electron chi connectivity index (χ1n) is 9.99. The number of ketones is 1. The minimum Gasteiger partial charge on any atom is -0.456 e. The lowest BCUT2D eigenvalue weighted by atomic mass is 10.2. The molecule has 1 aliphatic rings. The highest BCUT2D eigenvalue weighted by Gasteiger charge is 2.41. The summed E-state index contributed by atoms with van der Waals surface area (Å²) in [6.45, 7) is 1.42. The summed E-state index contributed by atoms with van der Waals surface area (Å²) in [5, 5.41) is 2.67. The predicted molar refractivity (Wildman–Crippen MR) is 115 cm³/mol. The Bertz CT molecular complexity index is 1110. The number of Topliss-reactive ketones (excluding diaryl/α,β-unsaturated/α-hetero) is 1. The molecule has 1 N–H and O–H groups in total. The zero-order chi connectivity index (χ0) is 23.3. The van der Waals surface area contributed by atoms with Gasteiger partial charge in [-0.25, -0.2) is 12.8 Å². The molecule has 1 amide bonds. The van der Waals surface area contributed by atoms with Crippen molar-refractivity contribution >= 4 is 39.0 Å². The lowest BCUT2D eigenvalue weighted by Crippen LogP contribution is -2.42. The summed E-state index contributed by atoms with van der Waals surface area (Å²) in [5.41, 5.74) is 0. The van der Waals surface area contributed by atoms with E-state index in [0.29, 0.717) is 24.3 Å². The van der Waals surface area contributed by atoms with Crippen molar-refractivity contribution in [1.29, 1.82) is 0 Å². The van der Waals surface area contributed by atoms with E-state index in [1.165, 1.54) is 30.4 Å². The summed E-state index contributed by atoms with van der Waals surface area (Å²) in [6, 6.07) is 7.25. The van der Waals surface area contributed by atoms with Crippen molar-refractivity contribution < 1.29 is 31.9 Å². The van der Waals surface area contributed by atoms with Crippen LogP contribution in [0.1, 0.15) is 34.3 Å². The monoisotopic (exact) mass is 482 g/mol. The topological polar surface area (TPSA) is 110 Å². The third-order valence-corrected chi connectivity index (χ3v) is 8.05. The average molecular weight is 483 g/mol. The maximum absolute atomic E-state index is 14.0. The first-order valence-corrected chi connectivity index (χ1v) is 12.2. The Morgan fingerprint density at radius 1 is 1.22 bits per heavy atom. The minimum absolute atomic E-state index is 0.0625. The van der Waals surface area contributed by atoms with Gasteiger partial charge < -0.3 is 10.1 Å². The molecule has 0 saturated carbocycles. The van der Waals surface area contributed by atoms with E-state index in [-0.39, 0.29) is 18.9 Å². The average Bonchev–Trinajstić information content (AvgIpc) is 3.42. The molecule has 1 aliphatic heterocycles. The number of amides is 1. The van der Waals surface area contributed by atoms with Crippen LogP contribution in [-0.2, 0) is 30.8 Å². The van der Waals surface area contributed by atoms with E-state index in [1.54, 1.807) is 12.1 Å². The Hall–Kier alpha value is -2.63. The van der Waals surface area contributed by atoms with E-state index in [2.05, 4.69) is 5.32 Å². The Morgan fingerprint density at radius 2 is 1.97 bits per heavy atom. The molecule has 0 aliphatic carbocycles. The van der Waals surface area contributed by atoms with Gasteiger partial charge in [0.2, 0.25) is 21.7 Å². The van der Waals surface area contributed by atoms with Crippen LogP contribution < -0.4 is 5.32 Å². The number of hydrogen-bond acceptors (Lipinski definition) is 7. The maximum Gasteiger partial charge on any atom is 0.324 e. The highest BCUT2D eigenvalue weighted by Crippen LogP contribution is 2.28. The number of rotatable bonds is 9. The second kappa shape index (κ2) is 10.3. The van der Waals surface area contributed by atoms with Crippen LogP contribution in [0.2, 0.25) is 0 Å². The predicted octanol–water partition coefficient (Wildman–Crippen LogP) is 2.15. The van der Waals surface area contributed by atoms with Gasteiger partial charge in [0.25, 0.3) is 0 Å². The lowest BCUT2D eigenvalue weighted by molar-refractivity contribution is -0.146. The number of carbonyl (C=O) groups is 3. The number of halogens is 1. The Labute approximate surface area is 189 Å². The summed E-state index contributed by atoms with van der Waals surface area (Å²) in [7, 11) is -4.22. The molecule has 172 valence electrons. The summed E-state index contributed by atoms with van der Waals surface area (Å²) >= 11 is 1.24. The van der Waals surface area contributed by atoms with Gasteiger partial charge in [0.15, 0.2) is 6.61 Å². The number of nitrogens with zero attached hydrogens (tertiary/aromatic N) is 1. The SMILES string of the molecule is CC(=O)NCCc1ccc(C(=O)COC(=O)C2CCCN2S(=O)(=O)c2ccccc2F)s1. The van der Waals surface area contributed by atoms with E-state index in [0.717, 1.165) is 21.3 Å². The number of carbonyl (C=O) groups excluding carboxylic acids is 3. The molecule has 1 atom stereocenters. The standard InChI is InChI=1S/C21H23FN2O6S2/c1-14(25)23-11-10-15-8-9-19(31-15)18(26)13-30-21(27)17-6-4-12-24(17)32(28,29)20-7-3-2-5-16(20)22/h2-3,5,7-9,17H,4,6,10-13H2,1H3,(H,23,25). The van der Waals surface area contributed by atoms with Crippen LogP contribution in [0.3, 0.4) is 0 Å². The molecule has 0 radical (unpaired) electrons. The molecular weight excluding hydrogens is 459 g/mol. The van der Waals surface area contributed by atoms with Crippen molar-refractivity contribution in [2.24, 2.45) is 0 Å². The molecule has 1 fully saturated rings. The van der Waals surface area contributed by atoms with Crippen LogP contribution in [0.15, 0.2) is 41.3 Å². The van der Waals surface area contributed by atoms with Gasteiger partial charge in [-0.15, -0.1) is 11.3 Å². The van der Waals surface area contributed by atoms with Crippen molar-refractivity contribution in [3.05, 3.63) is 52.0 Å². The minimum atomic E-state index is -4.22. The van der Waals surface area contributed by atoms with E-state index < -0.39 is 45.1 Å². The Balaban J connectivity index is 1.60. The lowest BCUT2D eigenvalue weighted by Gasteiger charge is -2.22. The van der Waals surface area contributed by atoms with Crippen molar-refractivity contribution in [3.8, 4) is 0 Å². The first kappa shape index (κ1) is 24.0. The molecule has 0 spiro atoms. The quantitative estimate of drug-likeness (QED) is 0.433. The molecular formula is C21H23FN2O6S2. The number of benzene rings is 1. The van der Waals surface area contributed by atoms with Gasteiger partial charge in [-0.2, -0.15) is 4.31 Å². The molecule has 1 saturated heterocycles. The van der Waals surface area contributed by atoms with Crippen LogP contribution in [0, 0.1) is 5.82 Å². The normalized spacial score (nSPS) is 16.6. The number of esters is 1. The Morgan fingerprint density at radius 3 is 2.69 bits per heavy atom. The summed E-state index contributed by atoms with van der Waals surface area (Å²) < 4.78 is 45.8. The first-order chi connectivity index (χ1) is 15.2. The largest absolute Gasteiger partial charge is 0.456 e. The number of nitrogens with one attached hydrogen (secondary N) is 1. The third-order valence-electron chi connectivity index (χ3n) is 4.93. The molecule has 1 aromatic carbocycles. The number of sulfonamides is 1. The van der Waals surface area contributed by atoms with Crippen molar-refractivity contribution in [3.63, 3.8) is 0 Å².